The third-order valence-electron chi connectivity index (χ3n) is 4.61. The highest BCUT2D eigenvalue weighted by molar-refractivity contribution is 6.14. The predicted octanol–water partition coefficient (Wildman–Crippen LogP) is 5.13. The van der Waals surface area contributed by atoms with Gasteiger partial charge in [-0.15, -0.1) is 0 Å². The van der Waals surface area contributed by atoms with E-state index in [1.54, 1.807) is 6.07 Å². The van der Waals surface area contributed by atoms with Gasteiger partial charge in [0.2, 0.25) is 0 Å². The van der Waals surface area contributed by atoms with Crippen LogP contribution in [0.4, 0.5) is 4.39 Å². The van der Waals surface area contributed by atoms with Crippen LogP contribution in [0, 0.1) is 11.7 Å². The van der Waals surface area contributed by atoms with E-state index in [0.717, 1.165) is 36.0 Å². The van der Waals surface area contributed by atoms with E-state index in [-0.39, 0.29) is 17.5 Å². The summed E-state index contributed by atoms with van der Waals surface area (Å²) in [5.41, 5.74) is 4.50. The molecule has 0 spiro atoms. The molecule has 0 atom stereocenters. The van der Waals surface area contributed by atoms with Crippen molar-refractivity contribution in [1.29, 1.82) is 0 Å². The molecule has 3 heteroatoms. The van der Waals surface area contributed by atoms with Gasteiger partial charge in [-0.05, 0) is 48.6 Å². The maximum absolute atomic E-state index is 13.7. The van der Waals surface area contributed by atoms with Gasteiger partial charge >= 0.3 is 0 Å². The van der Waals surface area contributed by atoms with E-state index in [0.29, 0.717) is 10.9 Å². The van der Waals surface area contributed by atoms with Crippen LogP contribution in [0.2, 0.25) is 0 Å². The van der Waals surface area contributed by atoms with Gasteiger partial charge in [-0.1, -0.05) is 31.2 Å². The number of aromatic amines is 1. The highest BCUT2D eigenvalue weighted by atomic mass is 19.1. The molecule has 0 unspecified atom stereocenters. The SMILES string of the molecule is CCc1ccc(-c2[nH]c3ccc(F)cc3c2C(=O)C2CC2)cc1. The monoisotopic (exact) mass is 307 g/mol. The number of H-pyrrole nitrogens is 1. The van der Waals surface area contributed by atoms with Crippen molar-refractivity contribution in [2.75, 3.05) is 0 Å². The molecule has 4 rings (SSSR count). The van der Waals surface area contributed by atoms with Crippen LogP contribution < -0.4 is 0 Å². The topological polar surface area (TPSA) is 32.9 Å². The second-order valence-electron chi connectivity index (χ2n) is 6.25. The van der Waals surface area contributed by atoms with E-state index < -0.39 is 0 Å². The lowest BCUT2D eigenvalue weighted by Crippen LogP contribution is -2.02. The Kier molecular flexibility index (Phi) is 3.29. The molecule has 1 N–H and O–H groups in total. The van der Waals surface area contributed by atoms with Crippen molar-refractivity contribution in [2.24, 2.45) is 5.92 Å². The number of ketones is 1. The smallest absolute Gasteiger partial charge is 0.168 e. The van der Waals surface area contributed by atoms with Gasteiger partial charge in [-0.2, -0.15) is 0 Å². The first-order valence-corrected chi connectivity index (χ1v) is 8.12. The minimum Gasteiger partial charge on any atom is -0.354 e. The average molecular weight is 307 g/mol. The molecule has 0 aliphatic heterocycles. The number of rotatable bonds is 4. The van der Waals surface area contributed by atoms with E-state index in [2.05, 4.69) is 24.0 Å². The molecular formula is C20H18FNO. The summed E-state index contributed by atoms with van der Waals surface area (Å²) in [6.07, 6.45) is 2.86. The number of Topliss-reactive ketones (excluding diaryl/α,β-unsaturated/α-hetero) is 1. The fourth-order valence-corrected chi connectivity index (χ4v) is 3.09. The number of carbonyl (C=O) groups is 1. The van der Waals surface area contributed by atoms with Gasteiger partial charge in [0.05, 0.1) is 11.3 Å². The lowest BCUT2D eigenvalue weighted by Gasteiger charge is -2.05. The van der Waals surface area contributed by atoms with Gasteiger partial charge in [-0.25, -0.2) is 4.39 Å². The first-order valence-electron chi connectivity index (χ1n) is 8.12. The lowest BCUT2D eigenvalue weighted by atomic mass is 9.98. The number of halogens is 1. The van der Waals surface area contributed by atoms with Crippen LogP contribution in [-0.2, 0) is 6.42 Å². The zero-order valence-corrected chi connectivity index (χ0v) is 13.0. The summed E-state index contributed by atoms with van der Waals surface area (Å²) in [5, 5.41) is 0.691. The third-order valence-corrected chi connectivity index (χ3v) is 4.61. The zero-order valence-electron chi connectivity index (χ0n) is 13.0. The van der Waals surface area contributed by atoms with Crippen LogP contribution in [0.3, 0.4) is 0 Å². The van der Waals surface area contributed by atoms with E-state index >= 15 is 0 Å². The van der Waals surface area contributed by atoms with E-state index in [1.807, 2.05) is 12.1 Å². The van der Waals surface area contributed by atoms with Crippen LogP contribution in [0.5, 0.6) is 0 Å². The molecule has 1 aliphatic rings. The molecule has 2 aromatic carbocycles. The molecular weight excluding hydrogens is 289 g/mol. The van der Waals surface area contributed by atoms with Crippen LogP contribution in [0.15, 0.2) is 42.5 Å². The van der Waals surface area contributed by atoms with Crippen LogP contribution in [-0.4, -0.2) is 10.8 Å². The van der Waals surface area contributed by atoms with Gasteiger partial charge in [0.25, 0.3) is 0 Å². The molecule has 116 valence electrons. The number of nitrogens with one attached hydrogen (secondary N) is 1. The van der Waals surface area contributed by atoms with Crippen molar-refractivity contribution in [1.82, 2.24) is 4.98 Å². The fourth-order valence-electron chi connectivity index (χ4n) is 3.09. The highest BCUT2D eigenvalue weighted by Gasteiger charge is 2.34. The standard InChI is InChI=1S/C20H18FNO/c1-2-12-3-5-13(6-4-12)19-18(20(23)14-7-8-14)16-11-15(21)9-10-17(16)22-19/h3-6,9-11,14,22H,2,7-8H2,1H3. The molecule has 1 saturated carbocycles. The van der Waals surface area contributed by atoms with E-state index in [4.69, 9.17) is 0 Å². The van der Waals surface area contributed by atoms with Crippen molar-refractivity contribution >= 4 is 16.7 Å². The number of carbonyl (C=O) groups excluding carboxylic acids is 1. The first kappa shape index (κ1) is 14.2. The molecule has 0 saturated heterocycles. The summed E-state index contributed by atoms with van der Waals surface area (Å²) in [5.74, 6) is -0.0726. The van der Waals surface area contributed by atoms with E-state index in [9.17, 15) is 9.18 Å². The number of benzene rings is 2. The Morgan fingerprint density at radius 3 is 2.57 bits per heavy atom. The first-order chi connectivity index (χ1) is 11.2. The van der Waals surface area contributed by atoms with E-state index in [1.165, 1.54) is 17.7 Å². The quantitative estimate of drug-likeness (QED) is 0.666. The molecule has 1 heterocycles. The van der Waals surface area contributed by atoms with Gasteiger partial charge in [0.1, 0.15) is 5.82 Å². The van der Waals surface area contributed by atoms with Crippen LogP contribution in [0.1, 0.15) is 35.7 Å². The average Bonchev–Trinajstić information content (AvgIpc) is 3.35. The summed E-state index contributed by atoms with van der Waals surface area (Å²) < 4.78 is 13.7. The van der Waals surface area contributed by atoms with Gasteiger partial charge in [0, 0.05) is 16.8 Å². The van der Waals surface area contributed by atoms with Crippen LogP contribution in [0.25, 0.3) is 22.2 Å². The number of fused-ring (bicyclic) bond motifs is 1. The van der Waals surface area contributed by atoms with Gasteiger partial charge < -0.3 is 4.98 Å². The summed E-state index contributed by atoms with van der Waals surface area (Å²) in [4.78, 5) is 16.1. The summed E-state index contributed by atoms with van der Waals surface area (Å²) in [7, 11) is 0. The Labute approximate surface area is 134 Å². The summed E-state index contributed by atoms with van der Waals surface area (Å²) in [6, 6.07) is 12.8. The minimum absolute atomic E-state index is 0.103. The molecule has 2 nitrogen and oxygen atoms in total. The molecule has 23 heavy (non-hydrogen) atoms. The number of hydrogen-bond donors (Lipinski definition) is 1. The molecule has 1 aliphatic carbocycles. The maximum Gasteiger partial charge on any atom is 0.168 e. The zero-order chi connectivity index (χ0) is 16.0. The Morgan fingerprint density at radius 1 is 1.17 bits per heavy atom. The van der Waals surface area contributed by atoms with Crippen molar-refractivity contribution < 1.29 is 9.18 Å². The molecule has 0 bridgehead atoms. The molecule has 0 radical (unpaired) electrons. The fraction of sp³-hybridized carbons (Fsp3) is 0.250. The highest BCUT2D eigenvalue weighted by Crippen LogP contribution is 2.39. The molecule has 1 fully saturated rings. The van der Waals surface area contributed by atoms with Gasteiger partial charge in [0.15, 0.2) is 5.78 Å². The normalized spacial score (nSPS) is 14.3. The Bertz CT molecular complexity index is 888. The third kappa shape index (κ3) is 2.46. The van der Waals surface area contributed by atoms with Crippen molar-refractivity contribution in [3.05, 3.63) is 59.4 Å². The Hall–Kier alpha value is -2.42. The second-order valence-corrected chi connectivity index (χ2v) is 6.25. The summed E-state index contributed by atoms with van der Waals surface area (Å²) in [6.45, 7) is 2.11. The molecule has 1 aromatic heterocycles. The molecule has 3 aromatic rings. The number of aryl methyl sites for hydroxylation is 1. The largest absolute Gasteiger partial charge is 0.354 e. The Balaban J connectivity index is 1.93. The van der Waals surface area contributed by atoms with Crippen molar-refractivity contribution in [2.45, 2.75) is 26.2 Å². The number of aromatic nitrogens is 1. The minimum atomic E-state index is -0.311. The summed E-state index contributed by atoms with van der Waals surface area (Å²) >= 11 is 0. The lowest BCUT2D eigenvalue weighted by molar-refractivity contribution is 0.0970. The maximum atomic E-state index is 13.7. The van der Waals surface area contributed by atoms with Crippen LogP contribution >= 0.6 is 0 Å². The van der Waals surface area contributed by atoms with Gasteiger partial charge in [-0.3, -0.25) is 4.79 Å². The molecule has 0 amide bonds. The second kappa shape index (κ2) is 5.34. The van der Waals surface area contributed by atoms with Crippen molar-refractivity contribution in [3.8, 4) is 11.3 Å². The Morgan fingerprint density at radius 2 is 1.91 bits per heavy atom. The van der Waals surface area contributed by atoms with Crippen molar-refractivity contribution in [3.63, 3.8) is 0 Å². The number of hydrogen-bond acceptors (Lipinski definition) is 1. The predicted molar refractivity (Wildman–Crippen MR) is 90.1 cm³/mol.